The molecule has 2 rings (SSSR count). The lowest BCUT2D eigenvalue weighted by Gasteiger charge is -2.29. The van der Waals surface area contributed by atoms with Crippen LogP contribution in [0.5, 0.6) is 0 Å². The largest absolute Gasteiger partial charge is 0.394 e. The van der Waals surface area contributed by atoms with Crippen LogP contribution in [0.15, 0.2) is 0 Å². The molecule has 2 saturated carbocycles. The van der Waals surface area contributed by atoms with Crippen LogP contribution in [0.1, 0.15) is 64.2 Å². The summed E-state index contributed by atoms with van der Waals surface area (Å²) in [6.45, 7) is 0.954. The number of hydrogen-bond donors (Lipinski definition) is 2. The third-order valence-electron chi connectivity index (χ3n) is 4.92. The number of aliphatic hydroxyl groups excluding tert-OH is 1. The van der Waals surface area contributed by atoms with Crippen LogP contribution >= 0.6 is 0 Å². The second-order valence-corrected chi connectivity index (χ2v) is 6.25. The summed E-state index contributed by atoms with van der Waals surface area (Å²) in [6, 6.07) is 0. The van der Waals surface area contributed by atoms with E-state index in [9.17, 15) is 5.11 Å². The fourth-order valence-corrected chi connectivity index (χ4v) is 3.59. The Morgan fingerprint density at radius 3 is 2.44 bits per heavy atom. The molecule has 0 spiro atoms. The quantitative estimate of drug-likeness (QED) is 0.742. The first-order valence-corrected chi connectivity index (χ1v) is 7.76. The van der Waals surface area contributed by atoms with E-state index in [4.69, 9.17) is 10.5 Å². The van der Waals surface area contributed by atoms with Gasteiger partial charge in [-0.2, -0.15) is 0 Å². The predicted molar refractivity (Wildman–Crippen MR) is 73.4 cm³/mol. The second kappa shape index (κ2) is 6.88. The van der Waals surface area contributed by atoms with Gasteiger partial charge in [-0.3, -0.25) is 0 Å². The molecule has 18 heavy (non-hydrogen) atoms. The summed E-state index contributed by atoms with van der Waals surface area (Å²) < 4.78 is 6.03. The van der Waals surface area contributed by atoms with Gasteiger partial charge in [0.2, 0.25) is 0 Å². The van der Waals surface area contributed by atoms with Gasteiger partial charge < -0.3 is 15.6 Å². The molecule has 3 nitrogen and oxygen atoms in total. The summed E-state index contributed by atoms with van der Waals surface area (Å²) in [5, 5.41) is 9.42. The molecule has 3 N–H and O–H groups in total. The predicted octanol–water partition coefficient (Wildman–Crippen LogP) is 2.61. The first-order valence-electron chi connectivity index (χ1n) is 7.76. The molecule has 0 saturated heterocycles. The monoisotopic (exact) mass is 255 g/mol. The van der Waals surface area contributed by atoms with Crippen molar-refractivity contribution in [3.8, 4) is 0 Å². The van der Waals surface area contributed by atoms with Gasteiger partial charge in [0.25, 0.3) is 0 Å². The van der Waals surface area contributed by atoms with Crippen LogP contribution in [0, 0.1) is 5.92 Å². The summed E-state index contributed by atoms with van der Waals surface area (Å²) in [5.74, 6) is 0.452. The first-order chi connectivity index (χ1) is 8.74. The van der Waals surface area contributed by atoms with E-state index >= 15 is 0 Å². The van der Waals surface area contributed by atoms with Crippen molar-refractivity contribution in [3.63, 3.8) is 0 Å². The molecule has 2 aliphatic rings. The molecule has 2 fully saturated rings. The SMILES string of the molecule is NC1(CO)CCCC1CCOC1CCCCCC1. The van der Waals surface area contributed by atoms with Gasteiger partial charge in [-0.05, 0) is 38.0 Å². The van der Waals surface area contributed by atoms with Crippen molar-refractivity contribution in [1.29, 1.82) is 0 Å². The topological polar surface area (TPSA) is 55.5 Å². The zero-order valence-electron chi connectivity index (χ0n) is 11.6. The van der Waals surface area contributed by atoms with Crippen LogP contribution in [0.4, 0.5) is 0 Å². The zero-order valence-corrected chi connectivity index (χ0v) is 11.6. The molecule has 0 bridgehead atoms. The maximum absolute atomic E-state index is 9.42. The Morgan fingerprint density at radius 1 is 1.06 bits per heavy atom. The van der Waals surface area contributed by atoms with Gasteiger partial charge >= 0.3 is 0 Å². The van der Waals surface area contributed by atoms with Crippen molar-refractivity contribution in [3.05, 3.63) is 0 Å². The Labute approximate surface area is 111 Å². The fraction of sp³-hybridized carbons (Fsp3) is 1.00. The highest BCUT2D eigenvalue weighted by molar-refractivity contribution is 4.95. The Bertz CT molecular complexity index is 239. The molecule has 0 amide bonds. The molecule has 0 aromatic rings. The average Bonchev–Trinajstić information content (AvgIpc) is 2.60. The summed E-state index contributed by atoms with van der Waals surface area (Å²) >= 11 is 0. The van der Waals surface area contributed by atoms with Crippen LogP contribution in [-0.2, 0) is 4.74 Å². The third kappa shape index (κ3) is 3.69. The lowest BCUT2D eigenvalue weighted by Crippen LogP contribution is -2.47. The van der Waals surface area contributed by atoms with Crippen molar-refractivity contribution in [2.24, 2.45) is 11.7 Å². The highest BCUT2D eigenvalue weighted by Crippen LogP contribution is 2.35. The van der Waals surface area contributed by atoms with Crippen LogP contribution < -0.4 is 5.73 Å². The molecular formula is C15H29NO2. The van der Waals surface area contributed by atoms with Crippen LogP contribution in [0.2, 0.25) is 0 Å². The van der Waals surface area contributed by atoms with Gasteiger partial charge in [0, 0.05) is 12.1 Å². The Morgan fingerprint density at radius 2 is 1.78 bits per heavy atom. The third-order valence-corrected chi connectivity index (χ3v) is 4.92. The molecule has 0 aromatic carbocycles. The molecule has 0 radical (unpaired) electrons. The van der Waals surface area contributed by atoms with Gasteiger partial charge in [-0.1, -0.05) is 32.1 Å². The van der Waals surface area contributed by atoms with Crippen molar-refractivity contribution < 1.29 is 9.84 Å². The zero-order chi connectivity index (χ0) is 12.8. The average molecular weight is 255 g/mol. The van der Waals surface area contributed by atoms with Gasteiger partial charge in [-0.25, -0.2) is 0 Å². The number of ether oxygens (including phenoxy) is 1. The standard InChI is InChI=1S/C15H29NO2/c16-15(12-17)10-5-6-13(15)9-11-18-14-7-3-1-2-4-8-14/h13-14,17H,1-12,16H2. The van der Waals surface area contributed by atoms with E-state index in [1.807, 2.05) is 0 Å². The number of rotatable bonds is 5. The van der Waals surface area contributed by atoms with Gasteiger partial charge in [0.1, 0.15) is 0 Å². The first kappa shape index (κ1) is 14.3. The Hall–Kier alpha value is -0.120. The normalized spacial score (nSPS) is 34.7. The van der Waals surface area contributed by atoms with E-state index < -0.39 is 0 Å². The van der Waals surface area contributed by atoms with E-state index in [2.05, 4.69) is 0 Å². The van der Waals surface area contributed by atoms with E-state index in [0.717, 1.165) is 32.3 Å². The maximum Gasteiger partial charge on any atom is 0.0613 e. The minimum absolute atomic E-state index is 0.126. The maximum atomic E-state index is 9.42. The Kier molecular flexibility index (Phi) is 5.46. The van der Waals surface area contributed by atoms with Gasteiger partial charge in [0.05, 0.1) is 12.7 Å². The molecule has 2 aliphatic carbocycles. The second-order valence-electron chi connectivity index (χ2n) is 6.25. The molecule has 2 unspecified atom stereocenters. The number of nitrogens with two attached hydrogens (primary N) is 1. The van der Waals surface area contributed by atoms with Gasteiger partial charge in [0.15, 0.2) is 0 Å². The van der Waals surface area contributed by atoms with E-state index in [1.165, 1.54) is 38.5 Å². The molecule has 106 valence electrons. The lowest BCUT2D eigenvalue weighted by atomic mass is 9.87. The summed E-state index contributed by atoms with van der Waals surface area (Å²) in [4.78, 5) is 0. The fourth-order valence-electron chi connectivity index (χ4n) is 3.59. The summed E-state index contributed by atoms with van der Waals surface area (Å²) in [5.41, 5.74) is 5.91. The van der Waals surface area contributed by atoms with Crippen LogP contribution in [0.25, 0.3) is 0 Å². The van der Waals surface area contributed by atoms with E-state index in [-0.39, 0.29) is 12.1 Å². The highest BCUT2D eigenvalue weighted by atomic mass is 16.5. The number of aliphatic hydroxyl groups is 1. The minimum atomic E-state index is -0.327. The van der Waals surface area contributed by atoms with Crippen molar-refractivity contribution in [2.75, 3.05) is 13.2 Å². The summed E-state index contributed by atoms with van der Waals surface area (Å²) in [7, 11) is 0. The van der Waals surface area contributed by atoms with Crippen LogP contribution in [-0.4, -0.2) is 30.0 Å². The molecular weight excluding hydrogens is 226 g/mol. The highest BCUT2D eigenvalue weighted by Gasteiger charge is 2.38. The van der Waals surface area contributed by atoms with Crippen molar-refractivity contribution >= 4 is 0 Å². The Balaban J connectivity index is 1.68. The molecule has 2 atom stereocenters. The molecule has 0 heterocycles. The van der Waals surface area contributed by atoms with Gasteiger partial charge in [-0.15, -0.1) is 0 Å². The molecule has 0 aromatic heterocycles. The minimum Gasteiger partial charge on any atom is -0.394 e. The summed E-state index contributed by atoms with van der Waals surface area (Å²) in [6.07, 6.45) is 12.7. The molecule has 3 heteroatoms. The van der Waals surface area contributed by atoms with E-state index in [1.54, 1.807) is 0 Å². The molecule has 0 aliphatic heterocycles. The van der Waals surface area contributed by atoms with E-state index in [0.29, 0.717) is 12.0 Å². The van der Waals surface area contributed by atoms with Crippen LogP contribution in [0.3, 0.4) is 0 Å². The van der Waals surface area contributed by atoms with Crippen molar-refractivity contribution in [1.82, 2.24) is 0 Å². The smallest absolute Gasteiger partial charge is 0.0613 e. The number of hydrogen-bond acceptors (Lipinski definition) is 3. The van der Waals surface area contributed by atoms with Crippen molar-refractivity contribution in [2.45, 2.75) is 75.9 Å². The lowest BCUT2D eigenvalue weighted by molar-refractivity contribution is 0.0274.